The highest BCUT2D eigenvalue weighted by Crippen LogP contribution is 2.29. The summed E-state index contributed by atoms with van der Waals surface area (Å²) in [6.45, 7) is 0. The first-order chi connectivity index (χ1) is 9.36. The molecule has 0 aliphatic rings. The summed E-state index contributed by atoms with van der Waals surface area (Å²) < 4.78 is 38.5. The van der Waals surface area contributed by atoms with Crippen molar-refractivity contribution in [2.24, 2.45) is 5.73 Å². The van der Waals surface area contributed by atoms with Gasteiger partial charge < -0.3 is 5.73 Å². The van der Waals surface area contributed by atoms with Gasteiger partial charge in [-0.1, -0.05) is 24.3 Å². The first kappa shape index (κ1) is 15.3. The molecular weight excluding hydrogens is 378 g/mol. The molecule has 1 nitrogen and oxygen atoms in total. The van der Waals surface area contributed by atoms with Crippen LogP contribution in [0.3, 0.4) is 0 Å². The molecule has 0 spiro atoms. The van der Waals surface area contributed by atoms with Gasteiger partial charge in [-0.15, -0.1) is 0 Å². The van der Waals surface area contributed by atoms with E-state index in [1.807, 2.05) is 24.3 Å². The van der Waals surface area contributed by atoms with Crippen LogP contribution in [0.15, 0.2) is 48.5 Å². The summed E-state index contributed by atoms with van der Waals surface area (Å²) >= 11 is 2.20. The Bertz CT molecular complexity index is 578. The zero-order chi connectivity index (χ0) is 14.8. The highest BCUT2D eigenvalue weighted by molar-refractivity contribution is 14.1. The summed E-state index contributed by atoms with van der Waals surface area (Å²) in [4.78, 5) is 0. The van der Waals surface area contributed by atoms with Crippen LogP contribution in [0.1, 0.15) is 22.7 Å². The van der Waals surface area contributed by atoms with Crippen LogP contribution in [0.2, 0.25) is 0 Å². The van der Waals surface area contributed by atoms with Crippen molar-refractivity contribution in [3.63, 3.8) is 0 Å². The highest BCUT2D eigenvalue weighted by atomic mass is 127. The number of nitrogens with two attached hydrogens (primary N) is 1. The monoisotopic (exact) mass is 391 g/mol. The third-order valence-corrected chi connectivity index (χ3v) is 3.68. The number of halogens is 4. The molecule has 0 aromatic heterocycles. The zero-order valence-electron chi connectivity index (χ0n) is 10.5. The molecule has 0 bridgehead atoms. The lowest BCUT2D eigenvalue weighted by molar-refractivity contribution is -0.137. The van der Waals surface area contributed by atoms with Gasteiger partial charge in [0, 0.05) is 9.61 Å². The van der Waals surface area contributed by atoms with Crippen molar-refractivity contribution in [2.75, 3.05) is 0 Å². The van der Waals surface area contributed by atoms with Crippen molar-refractivity contribution >= 4 is 22.6 Å². The Hall–Kier alpha value is -1.08. The molecule has 20 heavy (non-hydrogen) atoms. The number of alkyl halides is 3. The van der Waals surface area contributed by atoms with Gasteiger partial charge in [0.05, 0.1) is 5.56 Å². The van der Waals surface area contributed by atoms with E-state index in [4.69, 9.17) is 5.73 Å². The highest BCUT2D eigenvalue weighted by Gasteiger charge is 2.29. The van der Waals surface area contributed by atoms with Gasteiger partial charge in [-0.25, -0.2) is 0 Å². The molecule has 106 valence electrons. The Labute approximate surface area is 129 Å². The topological polar surface area (TPSA) is 26.0 Å². The van der Waals surface area contributed by atoms with Gasteiger partial charge in [-0.2, -0.15) is 13.2 Å². The van der Waals surface area contributed by atoms with Crippen molar-refractivity contribution < 1.29 is 13.2 Å². The molecule has 0 heterocycles. The van der Waals surface area contributed by atoms with Crippen LogP contribution in [-0.2, 0) is 12.6 Å². The maximum absolute atomic E-state index is 12.5. The van der Waals surface area contributed by atoms with E-state index < -0.39 is 11.7 Å². The molecule has 0 aliphatic heterocycles. The lowest BCUT2D eigenvalue weighted by Crippen LogP contribution is -2.13. The van der Waals surface area contributed by atoms with E-state index in [-0.39, 0.29) is 6.04 Å². The Morgan fingerprint density at radius 3 is 2.25 bits per heavy atom. The SMILES string of the molecule is NC(Cc1ccc(C(F)(F)F)cc1)c1cccc(I)c1. The van der Waals surface area contributed by atoms with E-state index in [0.29, 0.717) is 6.42 Å². The summed E-state index contributed by atoms with van der Waals surface area (Å²) in [6, 6.07) is 12.7. The van der Waals surface area contributed by atoms with E-state index in [0.717, 1.165) is 26.8 Å². The van der Waals surface area contributed by atoms with Crippen molar-refractivity contribution in [3.8, 4) is 0 Å². The fourth-order valence-corrected chi connectivity index (χ4v) is 2.51. The number of benzene rings is 2. The summed E-state index contributed by atoms with van der Waals surface area (Å²) in [5.41, 5.74) is 7.24. The lowest BCUT2D eigenvalue weighted by Gasteiger charge is -2.13. The number of hydrogen-bond donors (Lipinski definition) is 1. The Balaban J connectivity index is 2.10. The maximum Gasteiger partial charge on any atom is 0.416 e. The summed E-state index contributed by atoms with van der Waals surface area (Å²) in [6.07, 6.45) is -3.78. The van der Waals surface area contributed by atoms with E-state index in [9.17, 15) is 13.2 Å². The maximum atomic E-state index is 12.5. The molecule has 5 heteroatoms. The number of rotatable bonds is 3. The van der Waals surface area contributed by atoms with E-state index in [1.165, 1.54) is 12.1 Å². The Morgan fingerprint density at radius 1 is 1.05 bits per heavy atom. The van der Waals surface area contributed by atoms with Gasteiger partial charge in [0.15, 0.2) is 0 Å². The van der Waals surface area contributed by atoms with Gasteiger partial charge in [-0.3, -0.25) is 0 Å². The van der Waals surface area contributed by atoms with E-state index in [1.54, 1.807) is 0 Å². The normalized spacial score (nSPS) is 13.2. The van der Waals surface area contributed by atoms with E-state index >= 15 is 0 Å². The van der Waals surface area contributed by atoms with Crippen molar-refractivity contribution in [2.45, 2.75) is 18.6 Å². The number of hydrogen-bond acceptors (Lipinski definition) is 1. The molecule has 2 aromatic carbocycles. The van der Waals surface area contributed by atoms with Crippen LogP contribution in [0.5, 0.6) is 0 Å². The van der Waals surface area contributed by atoms with Gasteiger partial charge in [-0.05, 0) is 64.4 Å². The zero-order valence-corrected chi connectivity index (χ0v) is 12.6. The van der Waals surface area contributed by atoms with Crippen LogP contribution in [0, 0.1) is 3.57 Å². The molecule has 0 radical (unpaired) electrons. The molecule has 1 atom stereocenters. The Morgan fingerprint density at radius 2 is 1.70 bits per heavy atom. The Kier molecular flexibility index (Phi) is 4.70. The molecule has 0 amide bonds. The molecule has 0 saturated heterocycles. The third-order valence-electron chi connectivity index (χ3n) is 3.01. The molecule has 2 N–H and O–H groups in total. The summed E-state index contributed by atoms with van der Waals surface area (Å²) in [5, 5.41) is 0. The first-order valence-corrected chi connectivity index (χ1v) is 7.11. The van der Waals surface area contributed by atoms with Crippen LogP contribution in [-0.4, -0.2) is 0 Å². The summed E-state index contributed by atoms with van der Waals surface area (Å²) in [5.74, 6) is 0. The third kappa shape index (κ3) is 3.96. The predicted molar refractivity (Wildman–Crippen MR) is 81.2 cm³/mol. The minimum Gasteiger partial charge on any atom is -0.324 e. The molecular formula is C15H13F3IN. The average molecular weight is 391 g/mol. The van der Waals surface area contributed by atoms with Crippen LogP contribution < -0.4 is 5.73 Å². The summed E-state index contributed by atoms with van der Waals surface area (Å²) in [7, 11) is 0. The van der Waals surface area contributed by atoms with Gasteiger partial charge in [0.2, 0.25) is 0 Å². The molecule has 2 rings (SSSR count). The lowest BCUT2D eigenvalue weighted by atomic mass is 9.99. The van der Waals surface area contributed by atoms with Crippen molar-refractivity contribution in [1.82, 2.24) is 0 Å². The van der Waals surface area contributed by atoms with Crippen LogP contribution in [0.4, 0.5) is 13.2 Å². The van der Waals surface area contributed by atoms with E-state index in [2.05, 4.69) is 22.6 Å². The van der Waals surface area contributed by atoms with Gasteiger partial charge >= 0.3 is 6.18 Å². The molecule has 1 unspecified atom stereocenters. The quantitative estimate of drug-likeness (QED) is 0.764. The second-order valence-electron chi connectivity index (χ2n) is 4.56. The fourth-order valence-electron chi connectivity index (χ4n) is 1.94. The average Bonchev–Trinajstić information content (AvgIpc) is 2.38. The molecule has 2 aromatic rings. The van der Waals surface area contributed by atoms with Crippen LogP contribution in [0.25, 0.3) is 0 Å². The van der Waals surface area contributed by atoms with Gasteiger partial charge in [0.25, 0.3) is 0 Å². The minimum absolute atomic E-state index is 0.221. The standard InChI is InChI=1S/C15H13F3IN/c16-15(17,18)12-6-4-10(5-7-12)8-14(20)11-2-1-3-13(19)9-11/h1-7,9,14H,8,20H2. The molecule has 0 fully saturated rings. The first-order valence-electron chi connectivity index (χ1n) is 6.03. The second-order valence-corrected chi connectivity index (χ2v) is 5.81. The second kappa shape index (κ2) is 6.13. The van der Waals surface area contributed by atoms with Crippen molar-refractivity contribution in [1.29, 1.82) is 0 Å². The smallest absolute Gasteiger partial charge is 0.324 e. The minimum atomic E-state index is -4.30. The fraction of sp³-hybridized carbons (Fsp3) is 0.200. The van der Waals surface area contributed by atoms with Gasteiger partial charge in [0.1, 0.15) is 0 Å². The molecule has 0 aliphatic carbocycles. The van der Waals surface area contributed by atoms with Crippen molar-refractivity contribution in [3.05, 3.63) is 68.8 Å². The predicted octanol–water partition coefficient (Wildman–Crippen LogP) is 4.55. The largest absolute Gasteiger partial charge is 0.416 e. The molecule has 0 saturated carbocycles. The van der Waals surface area contributed by atoms with Crippen LogP contribution >= 0.6 is 22.6 Å².